The quantitative estimate of drug-likeness (QED) is 0.457. The van der Waals surface area contributed by atoms with Gasteiger partial charge in [-0.25, -0.2) is 4.98 Å². The highest BCUT2D eigenvalue weighted by Crippen LogP contribution is 2.51. The maximum Gasteiger partial charge on any atom is 0.131 e. The molecule has 1 fully saturated rings. The molecule has 7 nitrogen and oxygen atoms in total. The number of rotatable bonds is 5. The second kappa shape index (κ2) is 8.20. The number of hydrogen-bond donors (Lipinski definition) is 4. The molecule has 0 aliphatic carbocycles. The second-order valence-electron chi connectivity index (χ2n) is 8.77. The fraction of sp³-hybridized carbons (Fsp3) is 0.375. The zero-order chi connectivity index (χ0) is 22.3. The number of benzene rings is 2. The molecule has 1 saturated heterocycles. The SMILES string of the molecule is Cc1cccc2c(NC3(CCO)COC3)cc(N3CCS(O)(O)c4ccccc4C3)nc12. The molecule has 4 N–H and O–H groups in total. The molecule has 3 aromatic rings. The van der Waals surface area contributed by atoms with Gasteiger partial charge >= 0.3 is 0 Å². The van der Waals surface area contributed by atoms with E-state index in [0.717, 1.165) is 33.5 Å². The molecule has 32 heavy (non-hydrogen) atoms. The molecular formula is C24H29N3O4S. The largest absolute Gasteiger partial charge is 0.396 e. The number of nitrogens with zero attached hydrogens (tertiary/aromatic N) is 2. The van der Waals surface area contributed by atoms with Gasteiger partial charge in [0.2, 0.25) is 0 Å². The van der Waals surface area contributed by atoms with E-state index in [-0.39, 0.29) is 17.9 Å². The lowest BCUT2D eigenvalue weighted by molar-refractivity contribution is -0.0510. The van der Waals surface area contributed by atoms with E-state index in [0.29, 0.717) is 37.6 Å². The maximum absolute atomic E-state index is 10.7. The smallest absolute Gasteiger partial charge is 0.131 e. The minimum absolute atomic E-state index is 0.0893. The molecule has 3 heterocycles. The van der Waals surface area contributed by atoms with Crippen molar-refractivity contribution in [2.45, 2.75) is 30.3 Å². The molecule has 8 heteroatoms. The van der Waals surface area contributed by atoms with Gasteiger partial charge in [-0.15, -0.1) is 0 Å². The van der Waals surface area contributed by atoms with Crippen molar-refractivity contribution in [2.24, 2.45) is 0 Å². The molecule has 2 aliphatic heterocycles. The van der Waals surface area contributed by atoms with E-state index in [4.69, 9.17) is 9.72 Å². The molecule has 170 valence electrons. The van der Waals surface area contributed by atoms with E-state index in [1.165, 1.54) is 0 Å². The summed E-state index contributed by atoms with van der Waals surface area (Å²) in [5.41, 5.74) is 3.57. The molecule has 0 saturated carbocycles. The molecule has 5 rings (SSSR count). The highest BCUT2D eigenvalue weighted by atomic mass is 32.3. The third-order valence-corrected chi connectivity index (χ3v) is 8.28. The van der Waals surface area contributed by atoms with Crippen molar-refractivity contribution in [3.8, 4) is 0 Å². The fourth-order valence-electron chi connectivity index (χ4n) is 4.55. The second-order valence-corrected chi connectivity index (χ2v) is 11.0. The maximum atomic E-state index is 10.7. The van der Waals surface area contributed by atoms with E-state index in [2.05, 4.69) is 16.3 Å². The molecule has 0 radical (unpaired) electrons. The average Bonchev–Trinajstić information content (AvgIpc) is 2.89. The van der Waals surface area contributed by atoms with Crippen LogP contribution < -0.4 is 10.2 Å². The van der Waals surface area contributed by atoms with Gasteiger partial charge < -0.3 is 20.1 Å². The van der Waals surface area contributed by atoms with Crippen LogP contribution in [0, 0.1) is 6.92 Å². The number of aryl methyl sites for hydroxylation is 1. The van der Waals surface area contributed by atoms with Crippen molar-refractivity contribution < 1.29 is 18.9 Å². The van der Waals surface area contributed by atoms with Crippen molar-refractivity contribution in [1.82, 2.24) is 4.98 Å². The predicted octanol–water partition coefficient (Wildman–Crippen LogP) is 4.24. The van der Waals surface area contributed by atoms with Gasteiger partial charge in [0.1, 0.15) is 5.82 Å². The number of aliphatic hydroxyl groups excluding tert-OH is 1. The Morgan fingerprint density at radius 3 is 2.72 bits per heavy atom. The third kappa shape index (κ3) is 3.82. The average molecular weight is 456 g/mol. The van der Waals surface area contributed by atoms with Gasteiger partial charge in [0.15, 0.2) is 0 Å². The highest BCUT2D eigenvalue weighted by molar-refractivity contribution is 8.24. The summed E-state index contributed by atoms with van der Waals surface area (Å²) in [5.74, 6) is 1.06. The topological polar surface area (TPSA) is 98.1 Å². The fourth-order valence-corrected chi connectivity index (χ4v) is 6.10. The lowest BCUT2D eigenvalue weighted by atomic mass is 9.92. The first kappa shape index (κ1) is 21.5. The summed E-state index contributed by atoms with van der Waals surface area (Å²) in [4.78, 5) is 7.74. The summed E-state index contributed by atoms with van der Waals surface area (Å²) < 4.78 is 26.9. The monoisotopic (exact) mass is 455 g/mol. The summed E-state index contributed by atoms with van der Waals surface area (Å²) >= 11 is 0. The van der Waals surface area contributed by atoms with Crippen LogP contribution in [-0.2, 0) is 11.3 Å². The summed E-state index contributed by atoms with van der Waals surface area (Å²) in [6, 6.07) is 15.7. The normalized spacial score (nSPS) is 20.2. The van der Waals surface area contributed by atoms with Crippen LogP contribution in [0.25, 0.3) is 10.9 Å². The van der Waals surface area contributed by atoms with E-state index in [9.17, 15) is 14.2 Å². The van der Waals surface area contributed by atoms with Crippen LogP contribution in [-0.4, -0.2) is 56.9 Å². The molecule has 1 aromatic heterocycles. The summed E-state index contributed by atoms with van der Waals surface area (Å²) in [6.45, 7) is 4.29. The number of fused-ring (bicyclic) bond motifs is 2. The first-order valence-corrected chi connectivity index (χ1v) is 12.6. The number of aromatic nitrogens is 1. The molecule has 0 atom stereocenters. The Bertz CT molecular complexity index is 1150. The van der Waals surface area contributed by atoms with Crippen molar-refractivity contribution in [1.29, 1.82) is 0 Å². The number of para-hydroxylation sites is 1. The Morgan fingerprint density at radius 2 is 1.97 bits per heavy atom. The van der Waals surface area contributed by atoms with Crippen LogP contribution in [0.2, 0.25) is 0 Å². The molecule has 0 unspecified atom stereocenters. The van der Waals surface area contributed by atoms with Crippen LogP contribution in [0.15, 0.2) is 53.4 Å². The first-order valence-electron chi connectivity index (χ1n) is 10.9. The number of hydrogen-bond acceptors (Lipinski definition) is 7. The minimum atomic E-state index is -2.84. The van der Waals surface area contributed by atoms with Gasteiger partial charge in [-0.3, -0.25) is 9.11 Å². The van der Waals surface area contributed by atoms with Crippen molar-refractivity contribution in [3.05, 3.63) is 59.7 Å². The van der Waals surface area contributed by atoms with Gasteiger partial charge in [0.25, 0.3) is 0 Å². The third-order valence-electron chi connectivity index (χ3n) is 6.43. The lowest BCUT2D eigenvalue weighted by Crippen LogP contribution is -2.56. The van der Waals surface area contributed by atoms with Gasteiger partial charge in [-0.05, 0) is 30.5 Å². The molecule has 0 amide bonds. The molecule has 2 aliphatic rings. The van der Waals surface area contributed by atoms with Crippen LogP contribution in [0.3, 0.4) is 0 Å². The van der Waals surface area contributed by atoms with Crippen LogP contribution in [0.1, 0.15) is 17.5 Å². The Labute approximate surface area is 189 Å². The predicted molar refractivity (Wildman–Crippen MR) is 129 cm³/mol. The summed E-state index contributed by atoms with van der Waals surface area (Å²) in [7, 11) is -2.84. The van der Waals surface area contributed by atoms with Gasteiger partial charge in [-0.2, -0.15) is 10.6 Å². The van der Waals surface area contributed by atoms with Crippen molar-refractivity contribution in [2.75, 3.05) is 42.3 Å². The minimum Gasteiger partial charge on any atom is -0.396 e. The van der Waals surface area contributed by atoms with E-state index >= 15 is 0 Å². The van der Waals surface area contributed by atoms with Gasteiger partial charge in [0.05, 0.1) is 34.9 Å². The van der Waals surface area contributed by atoms with E-state index in [1.807, 2.05) is 49.4 Å². The molecule has 2 aromatic carbocycles. The Balaban J connectivity index is 1.58. The Hall–Kier alpha value is -2.36. The molecule has 0 spiro atoms. The Morgan fingerprint density at radius 1 is 1.16 bits per heavy atom. The number of nitrogens with one attached hydrogen (secondary N) is 1. The van der Waals surface area contributed by atoms with E-state index in [1.54, 1.807) is 0 Å². The summed E-state index contributed by atoms with van der Waals surface area (Å²) in [6.07, 6.45) is 0.607. The summed E-state index contributed by atoms with van der Waals surface area (Å²) in [5, 5.41) is 14.2. The molecular weight excluding hydrogens is 426 g/mol. The number of anilines is 2. The van der Waals surface area contributed by atoms with Crippen molar-refractivity contribution in [3.63, 3.8) is 0 Å². The van der Waals surface area contributed by atoms with Gasteiger partial charge in [-0.1, -0.05) is 36.4 Å². The zero-order valence-corrected chi connectivity index (χ0v) is 18.9. The first-order chi connectivity index (χ1) is 15.4. The zero-order valence-electron chi connectivity index (χ0n) is 18.1. The molecule has 0 bridgehead atoms. The number of ether oxygens (including phenoxy) is 1. The standard InChI is InChI=1S/C24H29N3O4S/c1-17-5-4-7-19-20(26-24(9-11-28)15-31-16-24)13-22(25-23(17)19)27-10-12-32(29,30)21-8-3-2-6-18(21)14-27/h2-8,13,28-30H,9-12,14-16H2,1H3,(H,25,26). The Kier molecular flexibility index (Phi) is 5.51. The lowest BCUT2D eigenvalue weighted by Gasteiger charge is -2.43. The van der Waals surface area contributed by atoms with Crippen LogP contribution >= 0.6 is 10.6 Å². The number of aliphatic hydroxyl groups is 1. The van der Waals surface area contributed by atoms with Crippen LogP contribution in [0.5, 0.6) is 0 Å². The number of pyridine rings is 1. The van der Waals surface area contributed by atoms with Crippen molar-refractivity contribution >= 4 is 33.0 Å². The van der Waals surface area contributed by atoms with E-state index < -0.39 is 10.6 Å². The van der Waals surface area contributed by atoms with Gasteiger partial charge in [0, 0.05) is 36.8 Å². The highest BCUT2D eigenvalue weighted by Gasteiger charge is 2.38. The van der Waals surface area contributed by atoms with Crippen LogP contribution in [0.4, 0.5) is 11.5 Å².